The maximum atomic E-state index is 13.0. The average Bonchev–Trinajstić information content (AvgIpc) is 2.77. The predicted molar refractivity (Wildman–Crippen MR) is 120 cm³/mol. The number of rotatable bonds is 6. The number of amides is 1. The molecule has 2 N–H and O–H groups in total. The van der Waals surface area contributed by atoms with Gasteiger partial charge in [0.1, 0.15) is 17.3 Å². The molecule has 3 aromatic rings. The van der Waals surface area contributed by atoms with E-state index in [2.05, 4.69) is 15.3 Å². The number of aryl methyl sites for hydroxylation is 1. The number of benzene rings is 2. The third-order valence-corrected chi connectivity index (χ3v) is 6.19. The molecule has 1 aromatic heterocycles. The van der Waals surface area contributed by atoms with Gasteiger partial charge in [-0.25, -0.2) is 4.98 Å². The van der Waals surface area contributed by atoms with E-state index in [1.165, 1.54) is 17.3 Å². The highest BCUT2D eigenvalue weighted by Gasteiger charge is 2.32. The Balaban J connectivity index is 1.67. The van der Waals surface area contributed by atoms with Crippen molar-refractivity contribution in [1.82, 2.24) is 9.97 Å². The lowest BCUT2D eigenvalue weighted by Crippen LogP contribution is -2.31. The zero-order chi connectivity index (χ0) is 22.0. The minimum absolute atomic E-state index is 0.135. The lowest BCUT2D eigenvalue weighted by Gasteiger charge is -2.26. The van der Waals surface area contributed by atoms with Crippen LogP contribution in [-0.2, 0) is 10.5 Å². The van der Waals surface area contributed by atoms with Gasteiger partial charge in [-0.15, -0.1) is 0 Å². The lowest BCUT2D eigenvalue weighted by atomic mass is 9.86. The van der Waals surface area contributed by atoms with Crippen LogP contribution in [0.2, 0.25) is 0 Å². The molecule has 4 rings (SSSR count). The van der Waals surface area contributed by atoms with E-state index in [9.17, 15) is 9.59 Å². The van der Waals surface area contributed by atoms with Gasteiger partial charge in [0.05, 0.1) is 19.8 Å². The molecule has 0 aliphatic carbocycles. The van der Waals surface area contributed by atoms with Crippen molar-refractivity contribution in [2.24, 2.45) is 0 Å². The molecule has 31 heavy (non-hydrogen) atoms. The summed E-state index contributed by atoms with van der Waals surface area (Å²) in [4.78, 5) is 32.9. The average molecular weight is 438 g/mol. The quantitative estimate of drug-likeness (QED) is 0.449. The number of carbonyl (C=O) groups excluding carboxylic acids is 1. The van der Waals surface area contributed by atoms with E-state index >= 15 is 0 Å². The standard InChI is InChI=1S/C23H23N3O4S/c1-13-4-6-14(7-5-13)12-31-23-25-21-20(22(28)26-23)17(11-19(27)24-21)16-9-8-15(29-2)10-18(16)30-3/h4-10,17H,11-12H2,1-3H3,(H2,24,25,26,27,28)/t17-/m0/s1. The number of aromatic amines is 1. The Morgan fingerprint density at radius 3 is 2.58 bits per heavy atom. The zero-order valence-electron chi connectivity index (χ0n) is 17.5. The van der Waals surface area contributed by atoms with Crippen molar-refractivity contribution in [2.45, 2.75) is 30.2 Å². The van der Waals surface area contributed by atoms with Crippen LogP contribution in [0.15, 0.2) is 52.4 Å². The minimum Gasteiger partial charge on any atom is -0.497 e. The van der Waals surface area contributed by atoms with Crippen molar-refractivity contribution in [3.05, 3.63) is 75.1 Å². The van der Waals surface area contributed by atoms with Crippen LogP contribution in [0.3, 0.4) is 0 Å². The summed E-state index contributed by atoms with van der Waals surface area (Å²) in [6.07, 6.45) is 0.135. The number of H-pyrrole nitrogens is 1. The van der Waals surface area contributed by atoms with Crippen LogP contribution < -0.4 is 20.3 Å². The van der Waals surface area contributed by atoms with E-state index in [0.717, 1.165) is 11.1 Å². The number of anilines is 1. The van der Waals surface area contributed by atoms with E-state index in [0.29, 0.717) is 33.8 Å². The molecule has 0 spiro atoms. The van der Waals surface area contributed by atoms with Gasteiger partial charge in [0, 0.05) is 29.7 Å². The van der Waals surface area contributed by atoms with Gasteiger partial charge in [0.25, 0.3) is 5.56 Å². The van der Waals surface area contributed by atoms with Crippen LogP contribution in [0.25, 0.3) is 0 Å². The van der Waals surface area contributed by atoms with Crippen molar-refractivity contribution >= 4 is 23.5 Å². The molecule has 160 valence electrons. The molecule has 1 aliphatic heterocycles. The molecule has 0 radical (unpaired) electrons. The predicted octanol–water partition coefficient (Wildman–Crippen LogP) is 3.86. The number of carbonyl (C=O) groups is 1. The van der Waals surface area contributed by atoms with Gasteiger partial charge < -0.3 is 19.8 Å². The fraction of sp³-hybridized carbons (Fsp3) is 0.261. The van der Waals surface area contributed by atoms with E-state index in [1.54, 1.807) is 26.4 Å². The lowest BCUT2D eigenvalue weighted by molar-refractivity contribution is -0.116. The number of fused-ring (bicyclic) bond motifs is 1. The molecule has 1 amide bonds. The molecule has 2 heterocycles. The van der Waals surface area contributed by atoms with Gasteiger partial charge >= 0.3 is 0 Å². The van der Waals surface area contributed by atoms with Gasteiger partial charge in [-0.05, 0) is 18.6 Å². The third-order valence-electron chi connectivity index (χ3n) is 5.24. The van der Waals surface area contributed by atoms with Crippen LogP contribution in [0.5, 0.6) is 11.5 Å². The summed E-state index contributed by atoms with van der Waals surface area (Å²) in [6.45, 7) is 2.04. The molecule has 7 nitrogen and oxygen atoms in total. The Bertz CT molecular complexity index is 1170. The molecule has 0 saturated heterocycles. The van der Waals surface area contributed by atoms with Crippen molar-refractivity contribution < 1.29 is 14.3 Å². The Morgan fingerprint density at radius 2 is 1.87 bits per heavy atom. The topological polar surface area (TPSA) is 93.3 Å². The van der Waals surface area contributed by atoms with Crippen molar-refractivity contribution in [3.8, 4) is 11.5 Å². The Labute approximate surface area is 184 Å². The van der Waals surface area contributed by atoms with Gasteiger partial charge in [-0.1, -0.05) is 47.7 Å². The first-order valence-electron chi connectivity index (χ1n) is 9.83. The van der Waals surface area contributed by atoms with Crippen LogP contribution in [0.4, 0.5) is 5.82 Å². The second-order valence-electron chi connectivity index (χ2n) is 7.32. The van der Waals surface area contributed by atoms with Gasteiger partial charge in [-0.3, -0.25) is 9.59 Å². The van der Waals surface area contributed by atoms with Crippen molar-refractivity contribution in [3.63, 3.8) is 0 Å². The Kier molecular flexibility index (Phi) is 5.99. The molecule has 0 unspecified atom stereocenters. The van der Waals surface area contributed by atoms with Crippen LogP contribution in [0, 0.1) is 6.92 Å². The summed E-state index contributed by atoms with van der Waals surface area (Å²) in [6, 6.07) is 13.5. The first-order valence-corrected chi connectivity index (χ1v) is 10.8. The summed E-state index contributed by atoms with van der Waals surface area (Å²) in [5.41, 5.74) is 3.23. The summed E-state index contributed by atoms with van der Waals surface area (Å²) in [5.74, 6) is 1.50. The third kappa shape index (κ3) is 4.44. The first kappa shape index (κ1) is 21.0. The minimum atomic E-state index is -0.461. The summed E-state index contributed by atoms with van der Waals surface area (Å²) < 4.78 is 10.8. The normalized spacial score (nSPS) is 15.2. The highest BCUT2D eigenvalue weighted by atomic mass is 32.2. The molecule has 0 saturated carbocycles. The molecule has 1 atom stereocenters. The first-order chi connectivity index (χ1) is 15.0. The van der Waals surface area contributed by atoms with Crippen molar-refractivity contribution in [1.29, 1.82) is 0 Å². The number of aromatic nitrogens is 2. The van der Waals surface area contributed by atoms with Crippen LogP contribution >= 0.6 is 11.8 Å². The number of nitrogens with one attached hydrogen (secondary N) is 2. The zero-order valence-corrected chi connectivity index (χ0v) is 18.3. The highest BCUT2D eigenvalue weighted by Crippen LogP contribution is 2.40. The van der Waals surface area contributed by atoms with Crippen LogP contribution in [0.1, 0.15) is 34.6 Å². The summed E-state index contributed by atoms with van der Waals surface area (Å²) in [5, 5.41) is 3.22. The van der Waals surface area contributed by atoms with Gasteiger partial charge in [0.2, 0.25) is 5.91 Å². The fourth-order valence-electron chi connectivity index (χ4n) is 3.63. The molecule has 0 bridgehead atoms. The van der Waals surface area contributed by atoms with E-state index < -0.39 is 5.92 Å². The molecule has 0 fully saturated rings. The van der Waals surface area contributed by atoms with E-state index in [-0.39, 0.29) is 17.9 Å². The number of nitrogens with zero attached hydrogens (tertiary/aromatic N) is 1. The number of hydrogen-bond donors (Lipinski definition) is 2. The second-order valence-corrected chi connectivity index (χ2v) is 8.28. The second kappa shape index (κ2) is 8.85. The number of thioether (sulfide) groups is 1. The molecule has 2 aromatic carbocycles. The maximum Gasteiger partial charge on any atom is 0.257 e. The van der Waals surface area contributed by atoms with Crippen LogP contribution in [-0.4, -0.2) is 30.1 Å². The number of methoxy groups -OCH3 is 2. The molecular formula is C23H23N3O4S. The van der Waals surface area contributed by atoms with E-state index in [4.69, 9.17) is 9.47 Å². The molecule has 8 heteroatoms. The smallest absolute Gasteiger partial charge is 0.257 e. The fourth-order valence-corrected chi connectivity index (χ4v) is 4.44. The maximum absolute atomic E-state index is 13.0. The highest BCUT2D eigenvalue weighted by molar-refractivity contribution is 7.98. The van der Waals surface area contributed by atoms with Gasteiger partial charge in [0.15, 0.2) is 5.16 Å². The molecule has 1 aliphatic rings. The number of hydrogen-bond acceptors (Lipinski definition) is 6. The molecular weight excluding hydrogens is 414 g/mol. The van der Waals surface area contributed by atoms with E-state index in [1.807, 2.05) is 37.3 Å². The SMILES string of the molecule is COc1ccc([C@@H]2CC(=O)Nc3nc(SCc4ccc(C)cc4)[nH]c(=O)c32)c(OC)c1. The largest absolute Gasteiger partial charge is 0.497 e. The summed E-state index contributed by atoms with van der Waals surface area (Å²) in [7, 11) is 3.12. The van der Waals surface area contributed by atoms with Crippen molar-refractivity contribution in [2.75, 3.05) is 19.5 Å². The summed E-state index contributed by atoms with van der Waals surface area (Å²) >= 11 is 1.42. The Hall–Kier alpha value is -3.26. The van der Waals surface area contributed by atoms with Gasteiger partial charge in [-0.2, -0.15) is 0 Å². The number of ether oxygens (including phenoxy) is 2. The Morgan fingerprint density at radius 1 is 1.10 bits per heavy atom. The monoisotopic (exact) mass is 437 g/mol.